The maximum atomic E-state index is 10.3. The molecule has 0 aromatic heterocycles. The number of aryl methyl sites for hydroxylation is 1. The molecule has 0 fully saturated rings. The lowest BCUT2D eigenvalue weighted by atomic mass is 9.81. The Balaban J connectivity index is 2.15. The standard InChI is InChI=1S/C19H23NO/c1-18(2)11-20-17-12(8-9-19(20,3)4)10-14-13(16(17)18)6-5-7-15(14)21/h5-7,10,21H,8-9,11H2,1-4H3. The highest BCUT2D eigenvalue weighted by Gasteiger charge is 2.45. The topological polar surface area (TPSA) is 23.5 Å². The molecule has 4 rings (SSSR count). The van der Waals surface area contributed by atoms with Crippen LogP contribution in [0.1, 0.15) is 45.2 Å². The number of hydrogen-bond donors (Lipinski definition) is 1. The summed E-state index contributed by atoms with van der Waals surface area (Å²) in [6.07, 6.45) is 2.28. The molecule has 0 saturated carbocycles. The first-order valence-electron chi connectivity index (χ1n) is 7.87. The van der Waals surface area contributed by atoms with Gasteiger partial charge in [-0.1, -0.05) is 26.0 Å². The molecule has 0 atom stereocenters. The molecule has 2 aliphatic heterocycles. The van der Waals surface area contributed by atoms with Crippen LogP contribution in [-0.4, -0.2) is 17.2 Å². The van der Waals surface area contributed by atoms with Crippen LogP contribution in [0.15, 0.2) is 24.3 Å². The Hall–Kier alpha value is -1.70. The summed E-state index contributed by atoms with van der Waals surface area (Å²) < 4.78 is 0. The molecule has 2 aromatic rings. The largest absolute Gasteiger partial charge is 0.507 e. The minimum absolute atomic E-state index is 0.124. The van der Waals surface area contributed by atoms with Crippen LogP contribution in [0.2, 0.25) is 0 Å². The Bertz CT molecular complexity index is 758. The Morgan fingerprint density at radius 1 is 1.10 bits per heavy atom. The van der Waals surface area contributed by atoms with Crippen molar-refractivity contribution >= 4 is 16.5 Å². The van der Waals surface area contributed by atoms with Gasteiger partial charge in [-0.3, -0.25) is 0 Å². The van der Waals surface area contributed by atoms with Gasteiger partial charge in [-0.25, -0.2) is 0 Å². The number of fused-ring (bicyclic) bond motifs is 2. The summed E-state index contributed by atoms with van der Waals surface area (Å²) in [5.41, 5.74) is 4.62. The van der Waals surface area contributed by atoms with Gasteiger partial charge in [0.05, 0.1) is 0 Å². The quantitative estimate of drug-likeness (QED) is 0.775. The molecule has 0 radical (unpaired) electrons. The lowest BCUT2D eigenvalue weighted by Crippen LogP contribution is -2.47. The molecule has 0 aliphatic carbocycles. The molecule has 2 heterocycles. The van der Waals surface area contributed by atoms with Crippen LogP contribution in [0.5, 0.6) is 5.75 Å². The van der Waals surface area contributed by atoms with E-state index in [-0.39, 0.29) is 11.0 Å². The summed E-state index contributed by atoms with van der Waals surface area (Å²) in [7, 11) is 0. The summed E-state index contributed by atoms with van der Waals surface area (Å²) in [6.45, 7) is 10.4. The van der Waals surface area contributed by atoms with E-state index in [1.807, 2.05) is 6.07 Å². The zero-order chi connectivity index (χ0) is 15.0. The zero-order valence-corrected chi connectivity index (χ0v) is 13.3. The van der Waals surface area contributed by atoms with Gasteiger partial charge in [0.1, 0.15) is 5.75 Å². The second-order valence-electron chi connectivity index (χ2n) is 7.91. The first-order valence-corrected chi connectivity index (χ1v) is 7.87. The van der Waals surface area contributed by atoms with E-state index in [2.05, 4.69) is 44.7 Å². The second-order valence-corrected chi connectivity index (χ2v) is 7.91. The third-order valence-corrected chi connectivity index (χ3v) is 5.45. The average Bonchev–Trinajstić information content (AvgIpc) is 2.70. The smallest absolute Gasteiger partial charge is 0.123 e. The number of benzene rings is 2. The molecule has 2 nitrogen and oxygen atoms in total. The van der Waals surface area contributed by atoms with Gasteiger partial charge in [0.2, 0.25) is 0 Å². The first-order chi connectivity index (χ1) is 9.81. The van der Waals surface area contributed by atoms with Crippen LogP contribution in [0.4, 0.5) is 5.69 Å². The fraction of sp³-hybridized carbons (Fsp3) is 0.474. The fourth-order valence-electron chi connectivity index (χ4n) is 4.28. The van der Waals surface area contributed by atoms with Crippen molar-refractivity contribution in [2.75, 3.05) is 11.4 Å². The average molecular weight is 281 g/mol. The molecule has 110 valence electrons. The van der Waals surface area contributed by atoms with Gasteiger partial charge in [-0.05, 0) is 55.3 Å². The first kappa shape index (κ1) is 13.0. The minimum atomic E-state index is 0.124. The van der Waals surface area contributed by atoms with Crippen molar-refractivity contribution in [1.29, 1.82) is 0 Å². The van der Waals surface area contributed by atoms with Gasteiger partial charge in [0.15, 0.2) is 0 Å². The minimum Gasteiger partial charge on any atom is -0.507 e. The SMILES string of the molecule is CC1(C)CN2c3c(cc4c(O)cccc4c31)CCC2(C)C. The molecule has 1 N–H and O–H groups in total. The number of anilines is 1. The molecule has 0 spiro atoms. The van der Waals surface area contributed by atoms with Gasteiger partial charge in [-0.15, -0.1) is 0 Å². The van der Waals surface area contributed by atoms with Crippen LogP contribution in [0.3, 0.4) is 0 Å². The van der Waals surface area contributed by atoms with Gasteiger partial charge in [0, 0.05) is 28.6 Å². The van der Waals surface area contributed by atoms with Crippen molar-refractivity contribution < 1.29 is 5.11 Å². The maximum absolute atomic E-state index is 10.3. The van der Waals surface area contributed by atoms with Crippen molar-refractivity contribution in [3.63, 3.8) is 0 Å². The van der Waals surface area contributed by atoms with Crippen LogP contribution in [0.25, 0.3) is 10.8 Å². The van der Waals surface area contributed by atoms with Crippen molar-refractivity contribution in [3.05, 3.63) is 35.4 Å². The van der Waals surface area contributed by atoms with Crippen molar-refractivity contribution in [2.24, 2.45) is 0 Å². The molecule has 0 saturated heterocycles. The van der Waals surface area contributed by atoms with Gasteiger partial charge < -0.3 is 10.0 Å². The van der Waals surface area contributed by atoms with Crippen LogP contribution >= 0.6 is 0 Å². The monoisotopic (exact) mass is 281 g/mol. The van der Waals surface area contributed by atoms with E-state index in [0.717, 1.165) is 18.4 Å². The Morgan fingerprint density at radius 2 is 1.86 bits per heavy atom. The van der Waals surface area contributed by atoms with Gasteiger partial charge >= 0.3 is 0 Å². The number of nitrogens with zero attached hydrogens (tertiary/aromatic N) is 1. The van der Waals surface area contributed by atoms with E-state index in [1.54, 1.807) is 6.07 Å². The lowest BCUT2D eigenvalue weighted by Gasteiger charge is -2.43. The number of rotatable bonds is 0. The summed E-state index contributed by atoms with van der Waals surface area (Å²) in [5, 5.41) is 12.5. The molecular weight excluding hydrogens is 258 g/mol. The molecule has 21 heavy (non-hydrogen) atoms. The predicted molar refractivity (Wildman–Crippen MR) is 88.4 cm³/mol. The fourth-order valence-corrected chi connectivity index (χ4v) is 4.28. The molecule has 0 unspecified atom stereocenters. The highest BCUT2D eigenvalue weighted by molar-refractivity contribution is 5.98. The molecule has 0 bridgehead atoms. The zero-order valence-electron chi connectivity index (χ0n) is 13.3. The molecular formula is C19H23NO. The van der Waals surface area contributed by atoms with Crippen LogP contribution < -0.4 is 4.90 Å². The molecule has 2 aromatic carbocycles. The third-order valence-electron chi connectivity index (χ3n) is 5.45. The molecule has 0 amide bonds. The summed E-state index contributed by atoms with van der Waals surface area (Å²) in [4.78, 5) is 2.60. The van der Waals surface area contributed by atoms with Crippen LogP contribution in [0, 0.1) is 0 Å². The lowest BCUT2D eigenvalue weighted by molar-refractivity contribution is 0.395. The van der Waals surface area contributed by atoms with E-state index in [9.17, 15) is 5.11 Å². The third kappa shape index (κ3) is 1.59. The Labute approximate surface area is 126 Å². The summed E-state index contributed by atoms with van der Waals surface area (Å²) in [5.74, 6) is 0.408. The number of phenols is 1. The van der Waals surface area contributed by atoms with E-state index < -0.39 is 0 Å². The van der Waals surface area contributed by atoms with E-state index in [1.165, 1.54) is 28.6 Å². The second kappa shape index (κ2) is 3.73. The van der Waals surface area contributed by atoms with E-state index >= 15 is 0 Å². The van der Waals surface area contributed by atoms with Crippen LogP contribution in [-0.2, 0) is 11.8 Å². The normalized spacial score (nSPS) is 21.6. The molecule has 2 heteroatoms. The highest BCUT2D eigenvalue weighted by Crippen LogP contribution is 2.53. The van der Waals surface area contributed by atoms with Crippen molar-refractivity contribution in [1.82, 2.24) is 0 Å². The predicted octanol–water partition coefficient (Wildman–Crippen LogP) is 4.37. The summed E-state index contributed by atoms with van der Waals surface area (Å²) >= 11 is 0. The van der Waals surface area contributed by atoms with Crippen molar-refractivity contribution in [3.8, 4) is 5.75 Å². The van der Waals surface area contributed by atoms with E-state index in [4.69, 9.17) is 0 Å². The van der Waals surface area contributed by atoms with Gasteiger partial charge in [0.25, 0.3) is 0 Å². The summed E-state index contributed by atoms with van der Waals surface area (Å²) in [6, 6.07) is 8.14. The van der Waals surface area contributed by atoms with E-state index in [0.29, 0.717) is 5.75 Å². The number of phenolic OH excluding ortho intramolecular Hbond substituents is 1. The molecule has 2 aliphatic rings. The number of hydrogen-bond acceptors (Lipinski definition) is 2. The number of aromatic hydroxyl groups is 1. The Morgan fingerprint density at radius 3 is 2.62 bits per heavy atom. The maximum Gasteiger partial charge on any atom is 0.123 e. The van der Waals surface area contributed by atoms with Crippen molar-refractivity contribution in [2.45, 2.75) is 51.5 Å². The van der Waals surface area contributed by atoms with Gasteiger partial charge in [-0.2, -0.15) is 0 Å². The Kier molecular flexibility index (Phi) is 2.31. The highest BCUT2D eigenvalue weighted by atomic mass is 16.3.